The van der Waals surface area contributed by atoms with E-state index in [4.69, 9.17) is 4.55 Å². The molecule has 1 N–H and O–H groups in total. The molecule has 88 valence electrons. The molecule has 0 heterocycles. The lowest BCUT2D eigenvalue weighted by Crippen LogP contribution is -2.11. The van der Waals surface area contributed by atoms with Crippen molar-refractivity contribution in [3.05, 3.63) is 49.1 Å². The molecule has 0 spiro atoms. The Morgan fingerprint density at radius 2 is 1.56 bits per heavy atom. The Kier molecular flexibility index (Phi) is 6.82. The van der Waals surface area contributed by atoms with E-state index in [9.17, 15) is 13.2 Å². The van der Waals surface area contributed by atoms with Crippen molar-refractivity contribution in [2.24, 2.45) is 0 Å². The summed E-state index contributed by atoms with van der Waals surface area (Å²) in [6.45, 7) is 3.01. The number of rotatable bonds is 3. The zero-order chi connectivity index (χ0) is 12.4. The lowest BCUT2D eigenvalue weighted by atomic mass is 10.4. The fraction of sp³-hybridized carbons (Fsp3) is 0.100. The molecule has 0 fully saturated rings. The lowest BCUT2D eigenvalue weighted by Gasteiger charge is -1.95. The normalized spacial score (nSPS) is 9.56. The number of hydrogen-bond donors (Lipinski definition) is 1. The van der Waals surface area contributed by atoms with Gasteiger partial charge in [-0.15, -0.1) is 0 Å². The standard InChI is InChI=1S/C6H6.C4H6O5S/c1-2-4-6-5-3-1;1-2-4(5)9-3-10(6,7)8/h1-6H;2H,1,3H2,(H,6,7,8). The second-order valence-electron chi connectivity index (χ2n) is 2.52. The third-order valence-corrected chi connectivity index (χ3v) is 1.60. The van der Waals surface area contributed by atoms with Crippen LogP contribution in [-0.2, 0) is 19.6 Å². The average Bonchev–Trinajstić information content (AvgIpc) is 2.28. The molecule has 16 heavy (non-hydrogen) atoms. The number of carbonyl (C=O) groups excluding carboxylic acids is 1. The first-order valence-corrected chi connectivity index (χ1v) is 5.81. The Bertz CT molecular complexity index is 383. The molecule has 0 amide bonds. The van der Waals surface area contributed by atoms with Crippen molar-refractivity contribution in [2.45, 2.75) is 0 Å². The van der Waals surface area contributed by atoms with Gasteiger partial charge in [-0.2, -0.15) is 8.42 Å². The van der Waals surface area contributed by atoms with Gasteiger partial charge in [0.2, 0.25) is 5.94 Å². The Morgan fingerprint density at radius 1 is 1.19 bits per heavy atom. The molecule has 0 bridgehead atoms. The third kappa shape index (κ3) is 10.4. The molecule has 0 aromatic heterocycles. The zero-order valence-electron chi connectivity index (χ0n) is 8.44. The van der Waals surface area contributed by atoms with Gasteiger partial charge in [-0.1, -0.05) is 43.0 Å². The summed E-state index contributed by atoms with van der Waals surface area (Å²) < 4.78 is 31.8. The lowest BCUT2D eigenvalue weighted by molar-refractivity contribution is -0.135. The number of carbonyl (C=O) groups is 1. The molecule has 0 aliphatic rings. The van der Waals surface area contributed by atoms with Crippen LogP contribution < -0.4 is 0 Å². The predicted molar refractivity (Wildman–Crippen MR) is 59.1 cm³/mol. The van der Waals surface area contributed by atoms with E-state index in [-0.39, 0.29) is 0 Å². The van der Waals surface area contributed by atoms with Gasteiger partial charge in [-0.25, -0.2) is 4.79 Å². The molecule has 1 aromatic carbocycles. The van der Waals surface area contributed by atoms with Gasteiger partial charge in [0.05, 0.1) is 0 Å². The minimum Gasteiger partial charge on any atom is -0.444 e. The molecule has 0 saturated heterocycles. The van der Waals surface area contributed by atoms with Gasteiger partial charge >= 0.3 is 16.1 Å². The smallest absolute Gasteiger partial charge is 0.331 e. The predicted octanol–water partition coefficient (Wildman–Crippen LogP) is 1.25. The largest absolute Gasteiger partial charge is 0.444 e. The first-order valence-electron chi connectivity index (χ1n) is 4.20. The summed E-state index contributed by atoms with van der Waals surface area (Å²) >= 11 is 0. The molecule has 0 aliphatic carbocycles. The quantitative estimate of drug-likeness (QED) is 0.491. The summed E-state index contributed by atoms with van der Waals surface area (Å²) in [4.78, 5) is 10.1. The highest BCUT2D eigenvalue weighted by Gasteiger charge is 2.06. The highest BCUT2D eigenvalue weighted by atomic mass is 32.2. The van der Waals surface area contributed by atoms with Crippen LogP contribution in [0.3, 0.4) is 0 Å². The monoisotopic (exact) mass is 244 g/mol. The Morgan fingerprint density at radius 3 is 1.81 bits per heavy atom. The van der Waals surface area contributed by atoms with Crippen LogP contribution >= 0.6 is 0 Å². The Balaban J connectivity index is 0.000000315. The molecule has 6 heteroatoms. The molecule has 0 aliphatic heterocycles. The summed E-state index contributed by atoms with van der Waals surface area (Å²) in [6, 6.07) is 12.0. The van der Waals surface area contributed by atoms with Crippen molar-refractivity contribution in [3.63, 3.8) is 0 Å². The van der Waals surface area contributed by atoms with E-state index in [0.717, 1.165) is 6.08 Å². The second kappa shape index (κ2) is 7.61. The van der Waals surface area contributed by atoms with Gasteiger partial charge in [0.1, 0.15) is 0 Å². The highest BCUT2D eigenvalue weighted by molar-refractivity contribution is 7.85. The van der Waals surface area contributed by atoms with Crippen LogP contribution in [0.25, 0.3) is 0 Å². The second-order valence-corrected chi connectivity index (χ2v) is 3.92. The molecule has 1 aromatic rings. The molecule has 0 atom stereocenters. The van der Waals surface area contributed by atoms with Gasteiger partial charge in [0, 0.05) is 6.08 Å². The van der Waals surface area contributed by atoms with Crippen LogP contribution in [0.15, 0.2) is 49.1 Å². The summed E-state index contributed by atoms with van der Waals surface area (Å²) in [6.07, 6.45) is 0.797. The van der Waals surface area contributed by atoms with Crippen LogP contribution in [0, 0.1) is 0 Å². The Labute approximate surface area is 94.1 Å². The van der Waals surface area contributed by atoms with Gasteiger partial charge in [-0.3, -0.25) is 4.55 Å². The third-order valence-electron chi connectivity index (χ3n) is 1.18. The maximum absolute atomic E-state index is 10.1. The SMILES string of the molecule is C=CC(=O)OCS(=O)(=O)O.c1ccccc1. The minimum absolute atomic E-state index is 0.797. The summed E-state index contributed by atoms with van der Waals surface area (Å²) in [7, 11) is -4.22. The van der Waals surface area contributed by atoms with E-state index < -0.39 is 22.0 Å². The maximum atomic E-state index is 10.1. The van der Waals surface area contributed by atoms with Gasteiger partial charge in [-0.05, 0) is 0 Å². The van der Waals surface area contributed by atoms with E-state index in [0.29, 0.717) is 0 Å². The number of hydrogen-bond acceptors (Lipinski definition) is 4. The van der Waals surface area contributed by atoms with Crippen LogP contribution in [0.1, 0.15) is 0 Å². The van der Waals surface area contributed by atoms with E-state index in [1.807, 2.05) is 36.4 Å². The van der Waals surface area contributed by atoms with Crippen LogP contribution in [0.2, 0.25) is 0 Å². The number of ether oxygens (including phenoxy) is 1. The van der Waals surface area contributed by atoms with E-state index in [1.54, 1.807) is 0 Å². The van der Waals surface area contributed by atoms with Crippen molar-refractivity contribution in [2.75, 3.05) is 5.94 Å². The molecule has 1 rings (SSSR count). The van der Waals surface area contributed by atoms with Crippen molar-refractivity contribution < 1.29 is 22.5 Å². The molecule has 0 saturated carbocycles. The molecular formula is C10H12O5S. The fourth-order valence-electron chi connectivity index (χ4n) is 0.576. The van der Waals surface area contributed by atoms with Crippen molar-refractivity contribution >= 4 is 16.1 Å². The minimum atomic E-state index is -4.22. The summed E-state index contributed by atoms with van der Waals surface area (Å²) in [5, 5.41) is 0. The molecular weight excluding hydrogens is 232 g/mol. The molecule has 0 radical (unpaired) electrons. The molecule has 0 unspecified atom stereocenters. The van der Waals surface area contributed by atoms with Crippen LogP contribution in [-0.4, -0.2) is 24.9 Å². The van der Waals surface area contributed by atoms with E-state index >= 15 is 0 Å². The van der Waals surface area contributed by atoms with Crippen LogP contribution in [0.5, 0.6) is 0 Å². The van der Waals surface area contributed by atoms with Gasteiger partial charge < -0.3 is 4.74 Å². The summed E-state index contributed by atoms with van der Waals surface area (Å²) in [5.74, 6) is -1.92. The Hall–Kier alpha value is -1.66. The average molecular weight is 244 g/mol. The van der Waals surface area contributed by atoms with Gasteiger partial charge in [0.25, 0.3) is 0 Å². The highest BCUT2D eigenvalue weighted by Crippen LogP contribution is 1.85. The van der Waals surface area contributed by atoms with Crippen molar-refractivity contribution in [1.29, 1.82) is 0 Å². The van der Waals surface area contributed by atoms with Gasteiger partial charge in [0.15, 0.2) is 0 Å². The van der Waals surface area contributed by atoms with E-state index in [1.165, 1.54) is 0 Å². The van der Waals surface area contributed by atoms with E-state index in [2.05, 4.69) is 11.3 Å². The number of esters is 1. The maximum Gasteiger partial charge on any atom is 0.331 e. The first-order chi connectivity index (χ1) is 7.45. The van der Waals surface area contributed by atoms with Crippen molar-refractivity contribution in [1.82, 2.24) is 0 Å². The van der Waals surface area contributed by atoms with Crippen LogP contribution in [0.4, 0.5) is 0 Å². The molecule has 5 nitrogen and oxygen atoms in total. The van der Waals surface area contributed by atoms with Crippen molar-refractivity contribution in [3.8, 4) is 0 Å². The topological polar surface area (TPSA) is 80.7 Å². The zero-order valence-corrected chi connectivity index (χ0v) is 9.26. The first kappa shape index (κ1) is 14.3. The fourth-order valence-corrected chi connectivity index (χ4v) is 0.841. The summed E-state index contributed by atoms with van der Waals surface area (Å²) in [5.41, 5.74) is 0. The number of benzene rings is 1.